The summed E-state index contributed by atoms with van der Waals surface area (Å²) < 4.78 is 12.7. The van der Waals surface area contributed by atoms with E-state index in [0.29, 0.717) is 35.5 Å². The second kappa shape index (κ2) is 15.1. The molecule has 10 nitrogen and oxygen atoms in total. The van der Waals surface area contributed by atoms with E-state index in [9.17, 15) is 24.3 Å². The molecule has 2 aromatic rings. The Labute approximate surface area is 286 Å². The number of hydrogen-bond donors (Lipinski definition) is 2. The molecule has 0 radical (unpaired) electrons. The Kier molecular flexibility index (Phi) is 11.1. The van der Waals surface area contributed by atoms with Crippen LogP contribution in [-0.4, -0.2) is 77.2 Å². The summed E-state index contributed by atoms with van der Waals surface area (Å²) in [5, 5.41) is 13.9. The molecule has 3 amide bonds. The molecule has 3 fully saturated rings. The number of esters is 1. The van der Waals surface area contributed by atoms with Crippen LogP contribution in [0, 0.1) is 17.8 Å². The van der Waals surface area contributed by atoms with Crippen LogP contribution in [0.3, 0.4) is 0 Å². The highest BCUT2D eigenvalue weighted by Gasteiger charge is 2.76. The third kappa shape index (κ3) is 6.66. The second-order valence-corrected chi connectivity index (χ2v) is 13.4. The van der Waals surface area contributed by atoms with Gasteiger partial charge in [-0.25, -0.2) is 0 Å². The zero-order chi connectivity index (χ0) is 34.6. The topological polar surface area (TPSA) is 125 Å². The highest BCUT2D eigenvalue weighted by atomic mass is 35.5. The van der Waals surface area contributed by atoms with Gasteiger partial charge in [-0.05, 0) is 55.0 Å². The number of nitrogens with one attached hydrogen (secondary N) is 1. The molecular formula is C37H44ClN3O7. The predicted octanol–water partition coefficient (Wildman–Crippen LogP) is 4.62. The van der Waals surface area contributed by atoms with Crippen LogP contribution < -0.4 is 10.2 Å². The summed E-state index contributed by atoms with van der Waals surface area (Å²) in [6.45, 7) is 11.1. The van der Waals surface area contributed by atoms with Crippen molar-refractivity contribution in [2.45, 2.75) is 69.4 Å². The molecule has 2 aromatic carbocycles. The largest absolute Gasteiger partial charge is 0.455 e. The smallest absolute Gasteiger partial charge is 0.313 e. The SMILES string of the molecule is C=CCCC(=O)NC[C@H](OC(=O)[C@@H]1[C@H]2C(=O)N([C@@H](CO)C(C)C)[C@H](C(=O)N(CC=C)c3ccc(Cl)cc3)[C@]23CC[C@H]1O3)c1ccccc1. The molecule has 2 N–H and O–H groups in total. The summed E-state index contributed by atoms with van der Waals surface area (Å²) in [4.78, 5) is 59.0. The van der Waals surface area contributed by atoms with Gasteiger partial charge in [0.25, 0.3) is 5.91 Å². The molecule has 5 rings (SSSR count). The molecule has 11 heteroatoms. The van der Waals surface area contributed by atoms with E-state index >= 15 is 0 Å². The van der Waals surface area contributed by atoms with Gasteiger partial charge in [0, 0.05) is 23.7 Å². The number of fused-ring (bicyclic) bond motifs is 1. The number of carbonyl (C=O) groups excluding carboxylic acids is 4. The van der Waals surface area contributed by atoms with E-state index in [1.165, 1.54) is 9.80 Å². The first-order chi connectivity index (χ1) is 23.1. The van der Waals surface area contributed by atoms with Crippen molar-refractivity contribution >= 4 is 41.0 Å². The number of benzene rings is 2. The molecule has 3 aliphatic heterocycles. The van der Waals surface area contributed by atoms with Crippen molar-refractivity contribution in [3.8, 4) is 0 Å². The molecule has 7 atom stereocenters. The monoisotopic (exact) mass is 677 g/mol. The number of amides is 3. The lowest BCUT2D eigenvalue weighted by atomic mass is 9.70. The highest BCUT2D eigenvalue weighted by molar-refractivity contribution is 6.30. The lowest BCUT2D eigenvalue weighted by molar-refractivity contribution is -0.161. The Balaban J connectivity index is 1.49. The average molecular weight is 678 g/mol. The van der Waals surface area contributed by atoms with Crippen LogP contribution in [0.25, 0.3) is 0 Å². The molecular weight excluding hydrogens is 634 g/mol. The van der Waals surface area contributed by atoms with Crippen LogP contribution >= 0.6 is 11.6 Å². The van der Waals surface area contributed by atoms with E-state index in [1.54, 1.807) is 36.4 Å². The maximum Gasteiger partial charge on any atom is 0.313 e. The molecule has 0 aliphatic carbocycles. The Morgan fingerprint density at radius 1 is 1.15 bits per heavy atom. The molecule has 3 aliphatic rings. The van der Waals surface area contributed by atoms with Crippen molar-refractivity contribution in [1.82, 2.24) is 10.2 Å². The number of likely N-dealkylation sites (tertiary alicyclic amines) is 1. The fraction of sp³-hybridized carbons (Fsp3) is 0.459. The number of ether oxygens (including phenoxy) is 2. The first-order valence-electron chi connectivity index (χ1n) is 16.5. The Morgan fingerprint density at radius 3 is 2.48 bits per heavy atom. The summed E-state index contributed by atoms with van der Waals surface area (Å²) in [6.07, 6.45) is 3.39. The summed E-state index contributed by atoms with van der Waals surface area (Å²) in [5.74, 6) is -3.84. The van der Waals surface area contributed by atoms with Crippen molar-refractivity contribution < 1.29 is 33.8 Å². The Morgan fingerprint density at radius 2 is 1.85 bits per heavy atom. The Hall–Kier alpha value is -3.99. The summed E-state index contributed by atoms with van der Waals surface area (Å²) >= 11 is 6.14. The van der Waals surface area contributed by atoms with Gasteiger partial charge in [-0.1, -0.05) is 67.9 Å². The number of anilines is 1. The van der Waals surface area contributed by atoms with E-state index in [1.807, 2.05) is 44.2 Å². The fourth-order valence-electron chi connectivity index (χ4n) is 7.48. The number of nitrogens with zero attached hydrogens (tertiary/aromatic N) is 2. The van der Waals surface area contributed by atoms with Gasteiger partial charge in [-0.2, -0.15) is 0 Å². The van der Waals surface area contributed by atoms with Crippen LogP contribution in [0.15, 0.2) is 79.9 Å². The average Bonchev–Trinajstić information content (AvgIpc) is 3.73. The van der Waals surface area contributed by atoms with Gasteiger partial charge in [0.05, 0.1) is 37.1 Å². The van der Waals surface area contributed by atoms with E-state index in [2.05, 4.69) is 18.5 Å². The maximum atomic E-state index is 14.7. The van der Waals surface area contributed by atoms with Crippen molar-refractivity contribution in [2.75, 3.05) is 24.6 Å². The molecule has 0 unspecified atom stereocenters. The van der Waals surface area contributed by atoms with Gasteiger partial charge in [0.15, 0.2) is 0 Å². The van der Waals surface area contributed by atoms with E-state index in [0.717, 1.165) is 0 Å². The van der Waals surface area contributed by atoms with Crippen LogP contribution in [-0.2, 0) is 28.7 Å². The van der Waals surface area contributed by atoms with Gasteiger partial charge in [-0.3, -0.25) is 19.2 Å². The molecule has 0 saturated carbocycles. The predicted molar refractivity (Wildman–Crippen MR) is 182 cm³/mol. The Bertz CT molecular complexity index is 1520. The first kappa shape index (κ1) is 35.3. The normalized spacial score (nSPS) is 25.4. The number of aliphatic hydroxyl groups excluding tert-OH is 1. The minimum Gasteiger partial charge on any atom is -0.455 e. The zero-order valence-electron chi connectivity index (χ0n) is 27.4. The van der Waals surface area contributed by atoms with Crippen molar-refractivity contribution in [3.63, 3.8) is 0 Å². The fourth-order valence-corrected chi connectivity index (χ4v) is 7.60. The summed E-state index contributed by atoms with van der Waals surface area (Å²) in [6, 6.07) is 14.1. The van der Waals surface area contributed by atoms with E-state index in [-0.39, 0.29) is 37.9 Å². The number of allylic oxidation sites excluding steroid dienone is 1. The van der Waals surface area contributed by atoms with Gasteiger partial charge in [-0.15, -0.1) is 13.2 Å². The van der Waals surface area contributed by atoms with Crippen molar-refractivity contribution in [2.24, 2.45) is 17.8 Å². The minimum atomic E-state index is -1.31. The summed E-state index contributed by atoms with van der Waals surface area (Å²) in [5.41, 5.74) is -0.0621. The van der Waals surface area contributed by atoms with Gasteiger partial charge < -0.3 is 29.7 Å². The zero-order valence-corrected chi connectivity index (χ0v) is 28.2. The lowest BCUT2D eigenvalue weighted by Crippen LogP contribution is -2.59. The van der Waals surface area contributed by atoms with Crippen LogP contribution in [0.4, 0.5) is 5.69 Å². The van der Waals surface area contributed by atoms with E-state index < -0.39 is 59.5 Å². The number of halogens is 1. The third-order valence-electron chi connectivity index (χ3n) is 9.76. The lowest BCUT2D eigenvalue weighted by Gasteiger charge is -2.40. The van der Waals surface area contributed by atoms with E-state index in [4.69, 9.17) is 21.1 Å². The number of hydrogen-bond acceptors (Lipinski definition) is 7. The molecule has 48 heavy (non-hydrogen) atoms. The second-order valence-electron chi connectivity index (χ2n) is 13.0. The first-order valence-corrected chi connectivity index (χ1v) is 16.9. The molecule has 2 bridgehead atoms. The van der Waals surface area contributed by atoms with Gasteiger partial charge in [0.1, 0.15) is 17.7 Å². The molecule has 256 valence electrons. The van der Waals surface area contributed by atoms with Crippen molar-refractivity contribution in [3.05, 3.63) is 90.5 Å². The molecule has 0 aromatic heterocycles. The highest BCUT2D eigenvalue weighted by Crippen LogP contribution is 2.59. The standard InChI is InChI=1S/C37H44ClN3O7/c1-5-7-13-30(43)39-21-29(24-11-9-8-10-12-24)47-36(46)31-28-18-19-37(48-28)32(31)34(44)41(27(22-42)23(3)4)33(37)35(45)40(20-6-2)26-16-14-25(38)15-17-26/h5-6,8-12,14-17,23,27-29,31-33,42H,1-2,7,13,18-22H2,3-4H3,(H,39,43)/t27-,28+,29-,31-,32-,33+,37-/m0/s1. The van der Waals surface area contributed by atoms with Gasteiger partial charge in [0.2, 0.25) is 11.8 Å². The third-order valence-corrected chi connectivity index (χ3v) is 10.0. The maximum absolute atomic E-state index is 14.7. The molecule has 3 heterocycles. The minimum absolute atomic E-state index is 0.0402. The molecule has 3 saturated heterocycles. The van der Waals surface area contributed by atoms with Crippen LogP contribution in [0.5, 0.6) is 0 Å². The van der Waals surface area contributed by atoms with Crippen LogP contribution in [0.2, 0.25) is 5.02 Å². The molecule has 1 spiro atoms. The number of carbonyl (C=O) groups is 4. The number of aliphatic hydroxyl groups is 1. The van der Waals surface area contributed by atoms with Crippen LogP contribution in [0.1, 0.15) is 51.2 Å². The number of rotatable bonds is 15. The summed E-state index contributed by atoms with van der Waals surface area (Å²) in [7, 11) is 0. The van der Waals surface area contributed by atoms with Gasteiger partial charge >= 0.3 is 5.97 Å². The quantitative estimate of drug-likeness (QED) is 0.208. The van der Waals surface area contributed by atoms with Crippen molar-refractivity contribution in [1.29, 1.82) is 0 Å².